The number of nitrogens with two attached hydrogens (primary N) is 1. The highest BCUT2D eigenvalue weighted by atomic mass is 19.1. The van der Waals surface area contributed by atoms with E-state index < -0.39 is 0 Å². The predicted molar refractivity (Wildman–Crippen MR) is 113 cm³/mol. The number of hydrogen-bond acceptors (Lipinski definition) is 3. The molecule has 0 amide bonds. The van der Waals surface area contributed by atoms with Crippen LogP contribution in [0.15, 0.2) is 72.2 Å². The Balaban J connectivity index is 1.32. The van der Waals surface area contributed by atoms with Gasteiger partial charge in [-0.05, 0) is 35.4 Å². The number of rotatable bonds is 5. The third-order valence-corrected chi connectivity index (χ3v) is 5.13. The van der Waals surface area contributed by atoms with E-state index in [1.165, 1.54) is 17.7 Å². The SMILES string of the molecule is NC(=NCc1cccc(Cn2ccnc2)c1)N1CCN(c2ccc(F)cc2)CC1. The Labute approximate surface area is 170 Å². The fourth-order valence-corrected chi connectivity index (χ4v) is 3.54. The van der Waals surface area contributed by atoms with Gasteiger partial charge in [-0.15, -0.1) is 0 Å². The topological polar surface area (TPSA) is 62.7 Å². The Morgan fingerprint density at radius 2 is 1.79 bits per heavy atom. The molecule has 0 spiro atoms. The van der Waals surface area contributed by atoms with Gasteiger partial charge in [0.05, 0.1) is 12.9 Å². The predicted octanol–water partition coefficient (Wildman–Crippen LogP) is 2.71. The summed E-state index contributed by atoms with van der Waals surface area (Å²) < 4.78 is 15.1. The minimum Gasteiger partial charge on any atom is -0.370 e. The molecule has 4 rings (SSSR count). The summed E-state index contributed by atoms with van der Waals surface area (Å²) in [5.74, 6) is 0.363. The van der Waals surface area contributed by atoms with E-state index in [4.69, 9.17) is 5.73 Å². The second-order valence-electron chi connectivity index (χ2n) is 7.18. The number of aromatic nitrogens is 2. The number of aliphatic imine (C=N–C) groups is 1. The van der Waals surface area contributed by atoms with Crippen molar-refractivity contribution < 1.29 is 4.39 Å². The maximum absolute atomic E-state index is 13.1. The van der Waals surface area contributed by atoms with Gasteiger partial charge in [0.1, 0.15) is 5.82 Å². The fourth-order valence-electron chi connectivity index (χ4n) is 3.54. The monoisotopic (exact) mass is 392 g/mol. The Morgan fingerprint density at radius 1 is 1.03 bits per heavy atom. The van der Waals surface area contributed by atoms with Crippen molar-refractivity contribution in [1.29, 1.82) is 0 Å². The van der Waals surface area contributed by atoms with Crippen LogP contribution in [0.5, 0.6) is 0 Å². The van der Waals surface area contributed by atoms with Crippen molar-refractivity contribution in [2.24, 2.45) is 10.7 Å². The lowest BCUT2D eigenvalue weighted by molar-refractivity contribution is 0.380. The number of imidazole rings is 1. The largest absolute Gasteiger partial charge is 0.370 e. The van der Waals surface area contributed by atoms with Crippen LogP contribution in [-0.4, -0.2) is 46.6 Å². The highest BCUT2D eigenvalue weighted by molar-refractivity contribution is 5.78. The Bertz CT molecular complexity index is 944. The molecule has 1 fully saturated rings. The lowest BCUT2D eigenvalue weighted by Crippen LogP contribution is -2.51. The van der Waals surface area contributed by atoms with Crippen molar-refractivity contribution in [3.8, 4) is 0 Å². The Hall–Kier alpha value is -3.35. The first-order chi connectivity index (χ1) is 14.2. The average Bonchev–Trinajstić information content (AvgIpc) is 3.26. The van der Waals surface area contributed by atoms with Crippen LogP contribution in [-0.2, 0) is 13.1 Å². The average molecular weight is 392 g/mol. The zero-order valence-electron chi connectivity index (χ0n) is 16.3. The second-order valence-corrected chi connectivity index (χ2v) is 7.18. The van der Waals surface area contributed by atoms with Gasteiger partial charge in [-0.2, -0.15) is 0 Å². The summed E-state index contributed by atoms with van der Waals surface area (Å²) in [6, 6.07) is 15.0. The molecule has 2 N–H and O–H groups in total. The Kier molecular flexibility index (Phi) is 5.74. The van der Waals surface area contributed by atoms with E-state index >= 15 is 0 Å². The lowest BCUT2D eigenvalue weighted by atomic mass is 10.1. The van der Waals surface area contributed by atoms with Crippen LogP contribution in [0.1, 0.15) is 11.1 Å². The molecular formula is C22H25FN6. The van der Waals surface area contributed by atoms with Gasteiger partial charge in [-0.3, -0.25) is 0 Å². The number of hydrogen-bond donors (Lipinski definition) is 1. The summed E-state index contributed by atoms with van der Waals surface area (Å²) >= 11 is 0. The molecule has 1 aliphatic heterocycles. The molecule has 3 aromatic rings. The van der Waals surface area contributed by atoms with Crippen LogP contribution in [0.25, 0.3) is 0 Å². The standard InChI is InChI=1S/C22H25FN6/c23-20-4-6-21(7-5-20)28-10-12-29(13-11-28)22(24)26-15-18-2-1-3-19(14-18)16-27-9-8-25-17-27/h1-9,14,17H,10-13,15-16H2,(H2,24,26). The lowest BCUT2D eigenvalue weighted by Gasteiger charge is -2.36. The third kappa shape index (κ3) is 4.93. The smallest absolute Gasteiger partial charge is 0.191 e. The first kappa shape index (κ1) is 19.0. The number of benzene rings is 2. The number of nitrogens with zero attached hydrogens (tertiary/aromatic N) is 5. The number of anilines is 1. The molecule has 7 heteroatoms. The van der Waals surface area contributed by atoms with Gasteiger partial charge in [-0.25, -0.2) is 14.4 Å². The molecule has 0 unspecified atom stereocenters. The van der Waals surface area contributed by atoms with E-state index in [2.05, 4.69) is 44.0 Å². The molecular weight excluding hydrogens is 367 g/mol. The molecule has 2 aromatic carbocycles. The summed E-state index contributed by atoms with van der Waals surface area (Å²) in [7, 11) is 0. The first-order valence-corrected chi connectivity index (χ1v) is 9.76. The van der Waals surface area contributed by atoms with Crippen molar-refractivity contribution >= 4 is 11.6 Å². The maximum Gasteiger partial charge on any atom is 0.191 e. The van der Waals surface area contributed by atoms with E-state index in [0.29, 0.717) is 12.5 Å². The molecule has 0 saturated carbocycles. The third-order valence-electron chi connectivity index (χ3n) is 5.13. The van der Waals surface area contributed by atoms with Gasteiger partial charge in [-0.1, -0.05) is 24.3 Å². The van der Waals surface area contributed by atoms with Crippen molar-refractivity contribution in [2.45, 2.75) is 13.1 Å². The molecule has 1 aromatic heterocycles. The van der Waals surface area contributed by atoms with Crippen LogP contribution < -0.4 is 10.6 Å². The minimum atomic E-state index is -0.210. The van der Waals surface area contributed by atoms with Crippen molar-refractivity contribution in [2.75, 3.05) is 31.1 Å². The zero-order valence-corrected chi connectivity index (χ0v) is 16.3. The quantitative estimate of drug-likeness (QED) is 0.536. The number of guanidine groups is 1. The molecule has 0 aliphatic carbocycles. The summed E-state index contributed by atoms with van der Waals surface area (Å²) in [5, 5.41) is 0. The molecule has 1 saturated heterocycles. The highest BCUT2D eigenvalue weighted by Crippen LogP contribution is 2.17. The van der Waals surface area contributed by atoms with E-state index in [-0.39, 0.29) is 5.82 Å². The van der Waals surface area contributed by atoms with Crippen LogP contribution in [0, 0.1) is 5.82 Å². The zero-order chi connectivity index (χ0) is 20.1. The highest BCUT2D eigenvalue weighted by Gasteiger charge is 2.18. The molecule has 0 bridgehead atoms. The van der Waals surface area contributed by atoms with Crippen LogP contribution in [0.4, 0.5) is 10.1 Å². The molecule has 1 aliphatic rings. The first-order valence-electron chi connectivity index (χ1n) is 9.76. The van der Waals surface area contributed by atoms with Crippen molar-refractivity contribution in [3.05, 3.63) is 84.2 Å². The number of halogens is 1. The molecule has 2 heterocycles. The molecule has 6 nitrogen and oxygen atoms in total. The summed E-state index contributed by atoms with van der Waals surface area (Å²) in [5.41, 5.74) is 9.63. The van der Waals surface area contributed by atoms with Crippen molar-refractivity contribution in [1.82, 2.24) is 14.5 Å². The van der Waals surface area contributed by atoms with Crippen molar-refractivity contribution in [3.63, 3.8) is 0 Å². The van der Waals surface area contributed by atoms with Crippen LogP contribution >= 0.6 is 0 Å². The summed E-state index contributed by atoms with van der Waals surface area (Å²) in [6.07, 6.45) is 5.55. The van der Waals surface area contributed by atoms with Crippen LogP contribution in [0.3, 0.4) is 0 Å². The maximum atomic E-state index is 13.1. The van der Waals surface area contributed by atoms with E-state index in [9.17, 15) is 4.39 Å². The van der Waals surface area contributed by atoms with Gasteiger partial charge in [0, 0.05) is 50.8 Å². The molecule has 0 atom stereocenters. The van der Waals surface area contributed by atoms with E-state index in [1.807, 2.05) is 29.2 Å². The van der Waals surface area contributed by atoms with Crippen LogP contribution in [0.2, 0.25) is 0 Å². The van der Waals surface area contributed by atoms with E-state index in [1.54, 1.807) is 6.20 Å². The van der Waals surface area contributed by atoms with Gasteiger partial charge in [0.25, 0.3) is 0 Å². The fraction of sp³-hybridized carbons (Fsp3) is 0.273. The minimum absolute atomic E-state index is 0.210. The van der Waals surface area contributed by atoms with Gasteiger partial charge >= 0.3 is 0 Å². The van der Waals surface area contributed by atoms with E-state index in [0.717, 1.165) is 44.0 Å². The normalized spacial score (nSPS) is 15.0. The van der Waals surface area contributed by atoms with Gasteiger partial charge < -0.3 is 20.1 Å². The van der Waals surface area contributed by atoms with Gasteiger partial charge in [0.2, 0.25) is 0 Å². The molecule has 29 heavy (non-hydrogen) atoms. The van der Waals surface area contributed by atoms with Gasteiger partial charge in [0.15, 0.2) is 5.96 Å². The summed E-state index contributed by atoms with van der Waals surface area (Å²) in [6.45, 7) is 4.62. The number of piperazine rings is 1. The second kappa shape index (κ2) is 8.77. The Morgan fingerprint density at radius 3 is 2.52 bits per heavy atom. The molecule has 150 valence electrons. The molecule has 0 radical (unpaired) electrons. The summed E-state index contributed by atoms with van der Waals surface area (Å²) in [4.78, 5) is 13.0.